The highest BCUT2D eigenvalue weighted by Gasteiger charge is 2.18. The number of hydrogen-bond donors (Lipinski definition) is 0. The van der Waals surface area contributed by atoms with Crippen LogP contribution in [0.2, 0.25) is 5.02 Å². The topological polar surface area (TPSA) is 33.2 Å². The minimum Gasteiger partial charge on any atom is -0.333 e. The summed E-state index contributed by atoms with van der Waals surface area (Å²) >= 11 is 7.31. The van der Waals surface area contributed by atoms with Gasteiger partial charge in [-0.15, -0.1) is 11.3 Å². The number of aromatic nitrogens is 1. The molecular weight excluding hydrogens is 359 g/mol. The smallest absolute Gasteiger partial charge is 0.273 e. The number of thiazole rings is 1. The van der Waals surface area contributed by atoms with Gasteiger partial charge in [0.1, 0.15) is 16.5 Å². The average Bonchev–Trinajstić information content (AvgIpc) is 3.10. The quantitative estimate of drug-likeness (QED) is 0.610. The van der Waals surface area contributed by atoms with Crippen LogP contribution in [0.5, 0.6) is 0 Å². The molecule has 25 heavy (non-hydrogen) atoms. The Morgan fingerprint density at radius 3 is 2.68 bits per heavy atom. The Hall–Kier alpha value is -2.24. The van der Waals surface area contributed by atoms with E-state index >= 15 is 0 Å². The number of benzene rings is 2. The number of carbonyl (C=O) groups excluding carboxylic acids is 1. The first-order valence-corrected chi connectivity index (χ1v) is 9.07. The number of halogens is 2. The fourth-order valence-corrected chi connectivity index (χ4v) is 3.37. The van der Waals surface area contributed by atoms with E-state index in [0.29, 0.717) is 23.8 Å². The van der Waals surface area contributed by atoms with Crippen LogP contribution >= 0.6 is 22.9 Å². The summed E-state index contributed by atoms with van der Waals surface area (Å²) in [6, 6.07) is 13.6. The molecule has 0 spiro atoms. The lowest BCUT2D eigenvalue weighted by Crippen LogP contribution is -2.30. The van der Waals surface area contributed by atoms with E-state index in [1.165, 1.54) is 23.5 Å². The normalized spacial score (nSPS) is 10.7. The zero-order valence-electron chi connectivity index (χ0n) is 13.6. The number of rotatable bonds is 5. The molecule has 0 fully saturated rings. The van der Waals surface area contributed by atoms with Crippen molar-refractivity contribution in [3.63, 3.8) is 0 Å². The van der Waals surface area contributed by atoms with E-state index in [1.807, 2.05) is 19.1 Å². The molecule has 0 aliphatic heterocycles. The van der Waals surface area contributed by atoms with Crippen LogP contribution in [0.3, 0.4) is 0 Å². The van der Waals surface area contributed by atoms with Crippen LogP contribution in [0.15, 0.2) is 53.9 Å². The van der Waals surface area contributed by atoms with Gasteiger partial charge in [0.15, 0.2) is 0 Å². The van der Waals surface area contributed by atoms with Gasteiger partial charge >= 0.3 is 0 Å². The van der Waals surface area contributed by atoms with Gasteiger partial charge in [-0.1, -0.05) is 35.9 Å². The van der Waals surface area contributed by atoms with Gasteiger partial charge < -0.3 is 4.90 Å². The summed E-state index contributed by atoms with van der Waals surface area (Å²) < 4.78 is 13.3. The predicted molar refractivity (Wildman–Crippen MR) is 99.4 cm³/mol. The molecule has 0 atom stereocenters. The molecule has 3 nitrogen and oxygen atoms in total. The van der Waals surface area contributed by atoms with Crippen LogP contribution in [-0.2, 0) is 6.54 Å². The molecule has 3 aromatic rings. The van der Waals surface area contributed by atoms with Crippen LogP contribution in [0.1, 0.15) is 23.0 Å². The Kier molecular flexibility index (Phi) is 5.46. The molecular formula is C19H16ClFN2OS. The summed E-state index contributed by atoms with van der Waals surface area (Å²) in [7, 11) is 0. The third-order valence-corrected chi connectivity index (χ3v) is 4.89. The van der Waals surface area contributed by atoms with Gasteiger partial charge in [-0.25, -0.2) is 9.37 Å². The van der Waals surface area contributed by atoms with Gasteiger partial charge in [0.25, 0.3) is 5.91 Å². The first-order valence-electron chi connectivity index (χ1n) is 7.82. The monoisotopic (exact) mass is 374 g/mol. The maximum Gasteiger partial charge on any atom is 0.273 e. The summed E-state index contributed by atoms with van der Waals surface area (Å²) in [4.78, 5) is 18.8. The van der Waals surface area contributed by atoms with E-state index in [-0.39, 0.29) is 11.7 Å². The van der Waals surface area contributed by atoms with Crippen molar-refractivity contribution in [1.82, 2.24) is 9.88 Å². The van der Waals surface area contributed by atoms with Gasteiger partial charge in [-0.05, 0) is 36.8 Å². The molecule has 0 unspecified atom stereocenters. The van der Waals surface area contributed by atoms with Crippen LogP contribution in [0.4, 0.5) is 4.39 Å². The van der Waals surface area contributed by atoms with Crippen molar-refractivity contribution >= 4 is 28.8 Å². The largest absolute Gasteiger partial charge is 0.333 e. The Morgan fingerprint density at radius 1 is 1.24 bits per heavy atom. The van der Waals surface area contributed by atoms with Crippen molar-refractivity contribution in [2.75, 3.05) is 6.54 Å². The standard InChI is InChI=1S/C19H16ClFN2OS/c1-2-23(11-13-4-3-5-16(21)10-13)19(24)17-12-25-18(22-17)14-6-8-15(20)9-7-14/h3-10,12H,2,11H2,1H3. The summed E-state index contributed by atoms with van der Waals surface area (Å²) in [6.07, 6.45) is 0. The maximum atomic E-state index is 13.3. The Morgan fingerprint density at radius 2 is 2.00 bits per heavy atom. The van der Waals surface area contributed by atoms with Crippen LogP contribution in [-0.4, -0.2) is 22.3 Å². The van der Waals surface area contributed by atoms with Crippen molar-refractivity contribution in [2.24, 2.45) is 0 Å². The fourth-order valence-electron chi connectivity index (χ4n) is 2.44. The molecule has 1 aromatic heterocycles. The summed E-state index contributed by atoms with van der Waals surface area (Å²) in [5.74, 6) is -0.470. The van der Waals surface area contributed by atoms with E-state index in [4.69, 9.17) is 11.6 Å². The number of nitrogens with zero attached hydrogens (tertiary/aromatic N) is 2. The molecule has 2 aromatic carbocycles. The third kappa shape index (κ3) is 4.24. The molecule has 0 bridgehead atoms. The molecule has 3 rings (SSSR count). The number of hydrogen-bond acceptors (Lipinski definition) is 3. The molecule has 128 valence electrons. The average molecular weight is 375 g/mol. The van der Waals surface area contributed by atoms with Gasteiger partial charge in [0.2, 0.25) is 0 Å². The van der Waals surface area contributed by atoms with E-state index < -0.39 is 0 Å². The van der Waals surface area contributed by atoms with Crippen LogP contribution < -0.4 is 0 Å². The van der Waals surface area contributed by atoms with Crippen LogP contribution in [0.25, 0.3) is 10.6 Å². The molecule has 0 N–H and O–H groups in total. The zero-order valence-corrected chi connectivity index (χ0v) is 15.1. The molecule has 6 heteroatoms. The molecule has 0 aliphatic carbocycles. The molecule has 1 heterocycles. The summed E-state index contributed by atoms with van der Waals surface area (Å²) in [6.45, 7) is 2.76. The highest BCUT2D eigenvalue weighted by atomic mass is 35.5. The van der Waals surface area contributed by atoms with E-state index in [1.54, 1.807) is 34.5 Å². The lowest BCUT2D eigenvalue weighted by molar-refractivity contribution is 0.0747. The van der Waals surface area contributed by atoms with Crippen LogP contribution in [0, 0.1) is 5.82 Å². The minimum absolute atomic E-state index is 0.164. The van der Waals surface area contributed by atoms with Crippen molar-refractivity contribution in [1.29, 1.82) is 0 Å². The first kappa shape index (κ1) is 17.6. The Labute approximate surface area is 154 Å². The summed E-state index contributed by atoms with van der Waals surface area (Å²) in [5, 5.41) is 3.17. The maximum absolute atomic E-state index is 13.3. The predicted octanol–water partition coefficient (Wildman–Crippen LogP) is 5.26. The lowest BCUT2D eigenvalue weighted by Gasteiger charge is -2.20. The second-order valence-electron chi connectivity index (χ2n) is 5.49. The summed E-state index contributed by atoms with van der Waals surface area (Å²) in [5.41, 5.74) is 2.07. The van der Waals surface area contributed by atoms with Gasteiger partial charge in [-0.3, -0.25) is 4.79 Å². The second-order valence-corrected chi connectivity index (χ2v) is 6.79. The molecule has 1 amide bonds. The van der Waals surface area contributed by atoms with Gasteiger partial charge in [0.05, 0.1) is 0 Å². The second kappa shape index (κ2) is 7.76. The Bertz CT molecular complexity index is 879. The number of carbonyl (C=O) groups is 1. The van der Waals surface area contributed by atoms with Crippen molar-refractivity contribution < 1.29 is 9.18 Å². The van der Waals surface area contributed by atoms with Crippen molar-refractivity contribution in [2.45, 2.75) is 13.5 Å². The molecule has 0 aliphatic rings. The van der Waals surface area contributed by atoms with Gasteiger partial charge in [0, 0.05) is 29.1 Å². The molecule has 0 saturated carbocycles. The Balaban J connectivity index is 1.78. The number of amides is 1. The van der Waals surface area contributed by atoms with E-state index in [0.717, 1.165) is 16.1 Å². The van der Waals surface area contributed by atoms with E-state index in [9.17, 15) is 9.18 Å². The fraction of sp³-hybridized carbons (Fsp3) is 0.158. The molecule has 0 radical (unpaired) electrons. The van der Waals surface area contributed by atoms with Crippen molar-refractivity contribution in [3.05, 3.63) is 76.0 Å². The van der Waals surface area contributed by atoms with Gasteiger partial charge in [-0.2, -0.15) is 0 Å². The van der Waals surface area contributed by atoms with Crippen molar-refractivity contribution in [3.8, 4) is 10.6 Å². The van der Waals surface area contributed by atoms with E-state index in [2.05, 4.69) is 4.98 Å². The molecule has 0 saturated heterocycles. The lowest BCUT2D eigenvalue weighted by atomic mass is 10.2. The minimum atomic E-state index is -0.306. The highest BCUT2D eigenvalue weighted by molar-refractivity contribution is 7.13. The third-order valence-electron chi connectivity index (χ3n) is 3.75. The first-order chi connectivity index (χ1) is 12.1. The SMILES string of the molecule is CCN(Cc1cccc(F)c1)C(=O)c1csc(-c2ccc(Cl)cc2)n1. The zero-order chi connectivity index (χ0) is 17.8. The highest BCUT2D eigenvalue weighted by Crippen LogP contribution is 2.25.